The van der Waals surface area contributed by atoms with Crippen molar-refractivity contribution in [2.45, 2.75) is 32.1 Å². The largest absolute Gasteiger partial charge is 0.477 e. The van der Waals surface area contributed by atoms with Crippen molar-refractivity contribution in [3.05, 3.63) is 16.5 Å². The molecule has 5 heteroatoms. The molecular weight excluding hydrogens is 252 g/mol. The molecule has 1 aliphatic carbocycles. The zero-order chi connectivity index (χ0) is 12.5. The molecule has 2 heterocycles. The van der Waals surface area contributed by atoms with E-state index in [1.165, 1.54) is 0 Å². The Hall–Kier alpha value is -0.870. The van der Waals surface area contributed by atoms with Gasteiger partial charge in [-0.3, -0.25) is 0 Å². The number of ether oxygens (including phenoxy) is 2. The molecule has 1 saturated heterocycles. The molecule has 4 nitrogen and oxygen atoms in total. The van der Waals surface area contributed by atoms with Gasteiger partial charge in [0.1, 0.15) is 11.0 Å². The average Bonchev–Trinajstić information content (AvgIpc) is 3.08. The van der Waals surface area contributed by atoms with Crippen LogP contribution in [0, 0.1) is 12.8 Å². The van der Waals surface area contributed by atoms with Gasteiger partial charge in [0.25, 0.3) is 0 Å². The van der Waals surface area contributed by atoms with Crippen molar-refractivity contribution in [3.8, 4) is 5.88 Å². The molecule has 1 atom stereocenters. The molecule has 98 valence electrons. The second kappa shape index (κ2) is 5.02. The summed E-state index contributed by atoms with van der Waals surface area (Å²) in [5.74, 6) is 2.44. The summed E-state index contributed by atoms with van der Waals surface area (Å²) in [5, 5.41) is 0.518. The van der Waals surface area contributed by atoms with E-state index in [-0.39, 0.29) is 0 Å². The van der Waals surface area contributed by atoms with Crippen molar-refractivity contribution in [1.82, 2.24) is 9.97 Å². The highest BCUT2D eigenvalue weighted by Crippen LogP contribution is 2.39. The summed E-state index contributed by atoms with van der Waals surface area (Å²) >= 11 is 6.13. The standard InChI is InChI=1S/C13H17ClN2O2/c1-8-11(14)15-12(10-2-3-10)16-13(8)18-7-9-4-5-17-6-9/h9-10H,2-7H2,1H3. The second-order valence-corrected chi connectivity index (χ2v) is 5.48. The molecule has 0 aromatic carbocycles. The lowest BCUT2D eigenvalue weighted by atomic mass is 10.1. The summed E-state index contributed by atoms with van der Waals surface area (Å²) in [6, 6.07) is 0. The SMILES string of the molecule is Cc1c(Cl)nc(C2CC2)nc1OCC1CCOC1. The van der Waals surface area contributed by atoms with Crippen LogP contribution in [-0.4, -0.2) is 29.8 Å². The maximum absolute atomic E-state index is 6.13. The molecule has 0 radical (unpaired) electrons. The number of hydrogen-bond acceptors (Lipinski definition) is 4. The first kappa shape index (κ1) is 12.2. The van der Waals surface area contributed by atoms with E-state index in [9.17, 15) is 0 Å². The summed E-state index contributed by atoms with van der Waals surface area (Å²) in [6.07, 6.45) is 3.39. The van der Waals surface area contributed by atoms with Gasteiger partial charge in [0, 0.05) is 24.0 Å². The molecule has 1 unspecified atom stereocenters. The third kappa shape index (κ3) is 2.59. The van der Waals surface area contributed by atoms with E-state index in [1.807, 2.05) is 6.92 Å². The summed E-state index contributed by atoms with van der Waals surface area (Å²) in [7, 11) is 0. The molecule has 3 rings (SSSR count). The van der Waals surface area contributed by atoms with Crippen molar-refractivity contribution in [1.29, 1.82) is 0 Å². The van der Waals surface area contributed by atoms with Gasteiger partial charge in [-0.15, -0.1) is 0 Å². The Labute approximate surface area is 112 Å². The summed E-state index contributed by atoms with van der Waals surface area (Å²) < 4.78 is 11.1. The molecule has 0 N–H and O–H groups in total. The quantitative estimate of drug-likeness (QED) is 0.788. The van der Waals surface area contributed by atoms with Crippen LogP contribution in [0.4, 0.5) is 0 Å². The van der Waals surface area contributed by atoms with E-state index in [0.717, 1.165) is 43.9 Å². The number of hydrogen-bond donors (Lipinski definition) is 0. The molecule has 0 amide bonds. The van der Waals surface area contributed by atoms with E-state index in [2.05, 4.69) is 9.97 Å². The maximum Gasteiger partial charge on any atom is 0.221 e. The van der Waals surface area contributed by atoms with Crippen molar-refractivity contribution in [2.75, 3.05) is 19.8 Å². The highest BCUT2D eigenvalue weighted by molar-refractivity contribution is 6.30. The first-order valence-electron chi connectivity index (χ1n) is 6.48. The number of rotatable bonds is 4. The predicted molar refractivity (Wildman–Crippen MR) is 68.2 cm³/mol. The van der Waals surface area contributed by atoms with Gasteiger partial charge >= 0.3 is 0 Å². The van der Waals surface area contributed by atoms with Crippen molar-refractivity contribution >= 4 is 11.6 Å². The van der Waals surface area contributed by atoms with Crippen LogP contribution in [0.15, 0.2) is 0 Å². The minimum Gasteiger partial charge on any atom is -0.477 e. The van der Waals surface area contributed by atoms with Gasteiger partial charge in [-0.05, 0) is 26.2 Å². The molecule has 0 spiro atoms. The molecule has 1 aromatic rings. The Morgan fingerprint density at radius 1 is 1.33 bits per heavy atom. The van der Waals surface area contributed by atoms with Crippen molar-refractivity contribution in [2.24, 2.45) is 5.92 Å². The summed E-state index contributed by atoms with van der Waals surface area (Å²) in [6.45, 7) is 4.18. The molecular formula is C13H17ClN2O2. The van der Waals surface area contributed by atoms with Crippen LogP contribution < -0.4 is 4.74 Å². The Kier molecular flexibility index (Phi) is 3.39. The van der Waals surface area contributed by atoms with Crippen LogP contribution in [0.2, 0.25) is 5.15 Å². The van der Waals surface area contributed by atoms with Gasteiger partial charge in [0.05, 0.1) is 13.2 Å². The lowest BCUT2D eigenvalue weighted by Gasteiger charge is -2.13. The van der Waals surface area contributed by atoms with Gasteiger partial charge in [-0.1, -0.05) is 11.6 Å². The van der Waals surface area contributed by atoms with Crippen molar-refractivity contribution < 1.29 is 9.47 Å². The van der Waals surface area contributed by atoms with Crippen LogP contribution in [0.5, 0.6) is 5.88 Å². The van der Waals surface area contributed by atoms with Gasteiger partial charge in [0.2, 0.25) is 5.88 Å². The molecule has 2 aliphatic rings. The minimum absolute atomic E-state index is 0.475. The van der Waals surface area contributed by atoms with Gasteiger partial charge < -0.3 is 9.47 Å². The normalized spacial score (nSPS) is 23.3. The predicted octanol–water partition coefficient (Wildman–Crippen LogP) is 2.73. The Morgan fingerprint density at radius 3 is 2.83 bits per heavy atom. The third-order valence-electron chi connectivity index (χ3n) is 3.48. The van der Waals surface area contributed by atoms with Crippen LogP contribution in [0.25, 0.3) is 0 Å². The summed E-state index contributed by atoms with van der Waals surface area (Å²) in [4.78, 5) is 8.82. The first-order valence-corrected chi connectivity index (χ1v) is 6.86. The number of halogens is 1. The van der Waals surface area contributed by atoms with E-state index in [4.69, 9.17) is 21.1 Å². The smallest absolute Gasteiger partial charge is 0.221 e. The Bertz CT molecular complexity index is 443. The van der Waals surface area contributed by atoms with E-state index < -0.39 is 0 Å². The monoisotopic (exact) mass is 268 g/mol. The van der Waals surface area contributed by atoms with Crippen LogP contribution >= 0.6 is 11.6 Å². The van der Waals surface area contributed by atoms with Gasteiger partial charge in [-0.25, -0.2) is 4.98 Å². The Morgan fingerprint density at radius 2 is 2.17 bits per heavy atom. The van der Waals surface area contributed by atoms with Crippen molar-refractivity contribution in [3.63, 3.8) is 0 Å². The number of aromatic nitrogens is 2. The first-order chi connectivity index (χ1) is 8.74. The number of nitrogens with zero attached hydrogens (tertiary/aromatic N) is 2. The van der Waals surface area contributed by atoms with E-state index in [0.29, 0.717) is 29.5 Å². The van der Waals surface area contributed by atoms with Crippen LogP contribution in [0.1, 0.15) is 36.6 Å². The third-order valence-corrected chi connectivity index (χ3v) is 3.85. The summed E-state index contributed by atoms with van der Waals surface area (Å²) in [5.41, 5.74) is 0.833. The lowest BCUT2D eigenvalue weighted by Crippen LogP contribution is -2.13. The zero-order valence-corrected chi connectivity index (χ0v) is 11.2. The fourth-order valence-corrected chi connectivity index (χ4v) is 2.23. The van der Waals surface area contributed by atoms with E-state index >= 15 is 0 Å². The second-order valence-electron chi connectivity index (χ2n) is 5.12. The van der Waals surface area contributed by atoms with Crippen LogP contribution in [-0.2, 0) is 4.74 Å². The maximum atomic E-state index is 6.13. The lowest BCUT2D eigenvalue weighted by molar-refractivity contribution is 0.165. The molecule has 1 aliphatic heterocycles. The van der Waals surface area contributed by atoms with Gasteiger partial charge in [0.15, 0.2) is 0 Å². The fourth-order valence-electron chi connectivity index (χ4n) is 2.06. The van der Waals surface area contributed by atoms with E-state index in [1.54, 1.807) is 0 Å². The van der Waals surface area contributed by atoms with Gasteiger partial charge in [-0.2, -0.15) is 4.98 Å². The Balaban J connectivity index is 1.72. The molecule has 18 heavy (non-hydrogen) atoms. The molecule has 0 bridgehead atoms. The molecule has 1 aromatic heterocycles. The zero-order valence-electron chi connectivity index (χ0n) is 10.5. The molecule has 2 fully saturated rings. The highest BCUT2D eigenvalue weighted by atomic mass is 35.5. The average molecular weight is 269 g/mol. The highest BCUT2D eigenvalue weighted by Gasteiger charge is 2.28. The van der Waals surface area contributed by atoms with Crippen LogP contribution in [0.3, 0.4) is 0 Å². The molecule has 1 saturated carbocycles. The topological polar surface area (TPSA) is 44.2 Å². The fraction of sp³-hybridized carbons (Fsp3) is 0.692. The minimum atomic E-state index is 0.475.